The Morgan fingerprint density at radius 3 is 2.94 bits per heavy atom. The minimum absolute atomic E-state index is 0.310. The van der Waals surface area contributed by atoms with Crippen LogP contribution in [0, 0.1) is 6.92 Å². The van der Waals surface area contributed by atoms with Crippen molar-refractivity contribution in [2.24, 2.45) is 0 Å². The number of imidazole rings is 1. The van der Waals surface area contributed by atoms with Crippen LogP contribution in [0.3, 0.4) is 0 Å². The largest absolute Gasteiger partial charge is 0.495 e. The van der Waals surface area contributed by atoms with E-state index in [0.29, 0.717) is 11.7 Å². The molecular formula is C26H28FN5O. The van der Waals surface area contributed by atoms with Crippen molar-refractivity contribution in [3.05, 3.63) is 90.3 Å². The summed E-state index contributed by atoms with van der Waals surface area (Å²) in [6.07, 6.45) is 17.6. The monoisotopic (exact) mass is 445 g/mol. The molecule has 0 aliphatic carbocycles. The molecule has 1 aliphatic rings. The summed E-state index contributed by atoms with van der Waals surface area (Å²) < 4.78 is 22.2. The number of nitrogens with zero attached hydrogens (tertiary/aromatic N) is 5. The predicted octanol–water partition coefficient (Wildman–Crippen LogP) is 5.81. The van der Waals surface area contributed by atoms with E-state index in [1.165, 1.54) is 6.08 Å². The zero-order chi connectivity index (χ0) is 23.2. The van der Waals surface area contributed by atoms with Gasteiger partial charge in [0, 0.05) is 18.7 Å². The first-order valence-electron chi connectivity index (χ1n) is 11.0. The molecule has 0 fully saturated rings. The zero-order valence-electron chi connectivity index (χ0n) is 19.0. The number of halogens is 1. The predicted molar refractivity (Wildman–Crippen MR) is 129 cm³/mol. The third-order valence-corrected chi connectivity index (χ3v) is 5.57. The molecule has 0 bridgehead atoms. The van der Waals surface area contributed by atoms with E-state index in [0.717, 1.165) is 54.3 Å². The topological polar surface area (TPSA) is 57.8 Å². The zero-order valence-corrected chi connectivity index (χ0v) is 19.0. The number of allylic oxidation sites excluding steroid dienone is 5. The molecule has 0 spiro atoms. The van der Waals surface area contributed by atoms with Crippen molar-refractivity contribution in [1.82, 2.24) is 24.3 Å². The Hall–Kier alpha value is -3.74. The van der Waals surface area contributed by atoms with Gasteiger partial charge in [0.2, 0.25) is 0 Å². The third kappa shape index (κ3) is 5.55. The van der Waals surface area contributed by atoms with Crippen LogP contribution < -0.4 is 4.74 Å². The highest BCUT2D eigenvalue weighted by Crippen LogP contribution is 2.29. The average Bonchev–Trinajstić information content (AvgIpc) is 3.43. The minimum Gasteiger partial charge on any atom is -0.495 e. The van der Waals surface area contributed by atoms with Crippen molar-refractivity contribution in [2.45, 2.75) is 38.6 Å². The van der Waals surface area contributed by atoms with Crippen molar-refractivity contribution in [1.29, 1.82) is 0 Å². The van der Waals surface area contributed by atoms with E-state index in [9.17, 15) is 4.39 Å². The van der Waals surface area contributed by atoms with E-state index >= 15 is 0 Å². The third-order valence-electron chi connectivity index (χ3n) is 5.57. The fourth-order valence-electron chi connectivity index (χ4n) is 3.97. The highest BCUT2D eigenvalue weighted by molar-refractivity contribution is 5.69. The van der Waals surface area contributed by atoms with E-state index < -0.39 is 5.83 Å². The molecule has 0 unspecified atom stereocenters. The van der Waals surface area contributed by atoms with Gasteiger partial charge in [0.25, 0.3) is 0 Å². The molecule has 7 heteroatoms. The summed E-state index contributed by atoms with van der Waals surface area (Å²) in [6, 6.07) is 6.04. The molecule has 0 saturated heterocycles. The first-order chi connectivity index (χ1) is 16.0. The molecule has 170 valence electrons. The lowest BCUT2D eigenvalue weighted by molar-refractivity contribution is 0.413. The minimum atomic E-state index is -0.447. The van der Waals surface area contributed by atoms with E-state index in [1.54, 1.807) is 19.5 Å². The van der Waals surface area contributed by atoms with Gasteiger partial charge in [0.05, 0.1) is 24.8 Å². The van der Waals surface area contributed by atoms with Crippen molar-refractivity contribution >= 4 is 12.2 Å². The van der Waals surface area contributed by atoms with Crippen molar-refractivity contribution in [2.75, 3.05) is 7.11 Å². The molecule has 0 amide bonds. The van der Waals surface area contributed by atoms with Crippen LogP contribution in [0.15, 0.2) is 67.4 Å². The number of methoxy groups -OCH3 is 1. The van der Waals surface area contributed by atoms with Crippen LogP contribution in [0.5, 0.6) is 5.75 Å². The SMILES string of the molecule is C=C(F)/C=C\C=C/C[C@@H]1CCCn2nc(/C=C/c3ccc(-n4cnc(C)c4)c(OC)c3)nc21. The lowest BCUT2D eigenvalue weighted by Gasteiger charge is -2.20. The molecule has 6 nitrogen and oxygen atoms in total. The average molecular weight is 446 g/mol. The fraction of sp³-hybridized carbons (Fsp3) is 0.269. The van der Waals surface area contributed by atoms with Crippen molar-refractivity contribution < 1.29 is 9.13 Å². The number of fused-ring (bicyclic) bond motifs is 1. The molecule has 33 heavy (non-hydrogen) atoms. The molecule has 4 rings (SSSR count). The number of benzene rings is 1. The fourth-order valence-corrected chi connectivity index (χ4v) is 3.97. The van der Waals surface area contributed by atoms with Gasteiger partial charge in [-0.1, -0.05) is 36.9 Å². The molecule has 0 N–H and O–H groups in total. The number of rotatable bonds is 8. The maximum atomic E-state index is 12.7. The van der Waals surface area contributed by atoms with Gasteiger partial charge in [0.15, 0.2) is 5.82 Å². The second kappa shape index (κ2) is 10.3. The van der Waals surface area contributed by atoms with Crippen LogP contribution in [0.4, 0.5) is 4.39 Å². The molecule has 3 heterocycles. The number of aryl methyl sites for hydroxylation is 2. The van der Waals surface area contributed by atoms with Gasteiger partial charge in [0.1, 0.15) is 17.4 Å². The molecule has 0 radical (unpaired) electrons. The Morgan fingerprint density at radius 1 is 1.30 bits per heavy atom. The first-order valence-corrected chi connectivity index (χ1v) is 11.0. The van der Waals surface area contributed by atoms with Crippen LogP contribution in [0.2, 0.25) is 0 Å². The Labute approximate surface area is 193 Å². The number of ether oxygens (including phenoxy) is 1. The maximum Gasteiger partial charge on any atom is 0.174 e. The molecule has 0 saturated carbocycles. The lowest BCUT2D eigenvalue weighted by Crippen LogP contribution is -2.16. The quantitative estimate of drug-likeness (QED) is 0.410. The van der Waals surface area contributed by atoms with Crippen LogP contribution in [-0.4, -0.2) is 31.4 Å². The summed E-state index contributed by atoms with van der Waals surface area (Å²) in [7, 11) is 1.67. The number of hydrogen-bond acceptors (Lipinski definition) is 4. The Bertz CT molecular complexity index is 1220. The molecule has 1 atom stereocenters. The number of aromatic nitrogens is 5. The molecular weight excluding hydrogens is 417 g/mol. The van der Waals surface area contributed by atoms with Crippen molar-refractivity contribution in [3.8, 4) is 11.4 Å². The van der Waals surface area contributed by atoms with Crippen LogP contribution in [-0.2, 0) is 6.54 Å². The van der Waals surface area contributed by atoms with Gasteiger partial charge in [-0.15, -0.1) is 0 Å². The second-order valence-corrected chi connectivity index (χ2v) is 8.05. The Balaban J connectivity index is 1.48. The van der Waals surface area contributed by atoms with Gasteiger partial charge in [-0.25, -0.2) is 19.0 Å². The van der Waals surface area contributed by atoms with E-state index in [2.05, 4.69) is 16.7 Å². The van der Waals surface area contributed by atoms with Gasteiger partial charge in [-0.2, -0.15) is 5.10 Å². The maximum absolute atomic E-state index is 12.7. The second-order valence-electron chi connectivity index (χ2n) is 8.05. The summed E-state index contributed by atoms with van der Waals surface area (Å²) in [4.78, 5) is 9.07. The summed E-state index contributed by atoms with van der Waals surface area (Å²) in [5, 5.41) is 4.67. The van der Waals surface area contributed by atoms with Crippen molar-refractivity contribution in [3.63, 3.8) is 0 Å². The van der Waals surface area contributed by atoms with Gasteiger partial charge >= 0.3 is 0 Å². The molecule has 3 aromatic rings. The standard InChI is InChI=1S/C26H28FN5O/c1-19(27)8-5-4-6-9-22-10-7-15-32-26(22)29-25(30-32)14-12-21-11-13-23(24(16-21)33-3)31-17-20(2)28-18-31/h4-6,8,11-14,16-18,22H,1,7,9-10,15H2,2-3H3/b6-4-,8-5-,14-12+/t22-/m1/s1. The van der Waals surface area contributed by atoms with E-state index in [1.807, 2.05) is 64.9 Å². The first kappa shape index (κ1) is 22.5. The van der Waals surface area contributed by atoms with Gasteiger partial charge in [-0.05, 0) is 56.0 Å². The highest BCUT2D eigenvalue weighted by Gasteiger charge is 2.22. The smallest absolute Gasteiger partial charge is 0.174 e. The Kier molecular flexibility index (Phi) is 6.98. The Morgan fingerprint density at radius 2 is 2.18 bits per heavy atom. The van der Waals surface area contributed by atoms with E-state index in [4.69, 9.17) is 9.72 Å². The normalized spacial score (nSPS) is 16.2. The summed E-state index contributed by atoms with van der Waals surface area (Å²) in [6.45, 7) is 6.05. The van der Waals surface area contributed by atoms with Crippen LogP contribution in [0.1, 0.15) is 48.1 Å². The molecule has 1 aliphatic heterocycles. The van der Waals surface area contributed by atoms with Gasteiger partial charge < -0.3 is 9.30 Å². The van der Waals surface area contributed by atoms with Gasteiger partial charge in [-0.3, -0.25) is 0 Å². The molecule has 2 aromatic heterocycles. The van der Waals surface area contributed by atoms with Crippen LogP contribution in [0.25, 0.3) is 17.8 Å². The lowest BCUT2D eigenvalue weighted by atomic mass is 9.95. The highest BCUT2D eigenvalue weighted by atomic mass is 19.1. The number of hydrogen-bond donors (Lipinski definition) is 0. The van der Waals surface area contributed by atoms with Crippen LogP contribution >= 0.6 is 0 Å². The molecule has 1 aromatic carbocycles. The summed E-state index contributed by atoms with van der Waals surface area (Å²) in [5.74, 6) is 2.33. The van der Waals surface area contributed by atoms with E-state index in [-0.39, 0.29) is 0 Å². The summed E-state index contributed by atoms with van der Waals surface area (Å²) in [5.41, 5.74) is 2.89. The summed E-state index contributed by atoms with van der Waals surface area (Å²) >= 11 is 0.